The summed E-state index contributed by atoms with van der Waals surface area (Å²) >= 11 is 1.44. The average Bonchev–Trinajstić information content (AvgIpc) is 2.29. The number of carbonyl (C=O) groups excluding carboxylic acids is 2. The number of hydrogen-bond donors (Lipinski definition) is 3. The Bertz CT molecular complexity index is 473. The van der Waals surface area contributed by atoms with Crippen LogP contribution in [0.5, 0.6) is 0 Å². The predicted octanol–water partition coefficient (Wildman–Crippen LogP) is 0.991. The number of nitrogens with two attached hydrogens (primary N) is 1. The van der Waals surface area contributed by atoms with Gasteiger partial charge in [0.2, 0.25) is 5.91 Å². The SMILES string of the molecule is NC(=O)NC(=O)CCSc1ccc(CC(=O)O)cc1. The molecule has 0 saturated carbocycles. The van der Waals surface area contributed by atoms with E-state index in [1.165, 1.54) is 11.8 Å². The number of nitrogens with one attached hydrogen (secondary N) is 1. The molecule has 1 aromatic carbocycles. The van der Waals surface area contributed by atoms with Crippen LogP contribution in [0.15, 0.2) is 29.2 Å². The molecule has 0 aliphatic rings. The summed E-state index contributed by atoms with van der Waals surface area (Å²) in [6, 6.07) is 6.22. The van der Waals surface area contributed by atoms with E-state index in [1.54, 1.807) is 24.3 Å². The third-order valence-electron chi connectivity index (χ3n) is 2.14. The smallest absolute Gasteiger partial charge is 0.318 e. The summed E-state index contributed by atoms with van der Waals surface area (Å²) in [7, 11) is 0. The van der Waals surface area contributed by atoms with E-state index in [0.717, 1.165) is 10.5 Å². The van der Waals surface area contributed by atoms with Gasteiger partial charge in [-0.2, -0.15) is 0 Å². The molecule has 102 valence electrons. The molecular weight excluding hydrogens is 268 g/mol. The van der Waals surface area contributed by atoms with E-state index in [4.69, 9.17) is 10.8 Å². The van der Waals surface area contributed by atoms with Crippen molar-refractivity contribution < 1.29 is 19.5 Å². The monoisotopic (exact) mass is 282 g/mol. The minimum absolute atomic E-state index is 0.00797. The maximum atomic E-state index is 11.1. The van der Waals surface area contributed by atoms with Gasteiger partial charge in [-0.15, -0.1) is 11.8 Å². The molecule has 3 amide bonds. The Balaban J connectivity index is 2.35. The van der Waals surface area contributed by atoms with Crippen LogP contribution in [-0.4, -0.2) is 28.8 Å². The fourth-order valence-corrected chi connectivity index (χ4v) is 2.19. The van der Waals surface area contributed by atoms with E-state index in [0.29, 0.717) is 5.75 Å². The van der Waals surface area contributed by atoms with Gasteiger partial charge >= 0.3 is 12.0 Å². The Kier molecular flexibility index (Phi) is 5.87. The molecule has 0 aromatic heterocycles. The second-order valence-electron chi connectivity index (χ2n) is 3.73. The zero-order valence-corrected chi connectivity index (χ0v) is 10.9. The first-order chi connectivity index (χ1) is 8.97. The van der Waals surface area contributed by atoms with Gasteiger partial charge in [0.05, 0.1) is 6.42 Å². The number of benzene rings is 1. The highest BCUT2D eigenvalue weighted by Gasteiger charge is 2.05. The van der Waals surface area contributed by atoms with Crippen molar-refractivity contribution in [2.45, 2.75) is 17.7 Å². The van der Waals surface area contributed by atoms with E-state index < -0.39 is 17.9 Å². The van der Waals surface area contributed by atoms with Crippen LogP contribution in [0.3, 0.4) is 0 Å². The fraction of sp³-hybridized carbons (Fsp3) is 0.250. The van der Waals surface area contributed by atoms with Crippen LogP contribution in [0.1, 0.15) is 12.0 Å². The van der Waals surface area contributed by atoms with E-state index in [-0.39, 0.29) is 12.8 Å². The summed E-state index contributed by atoms with van der Waals surface area (Å²) in [4.78, 5) is 33.0. The van der Waals surface area contributed by atoms with Crippen LogP contribution in [0.2, 0.25) is 0 Å². The molecule has 1 rings (SSSR count). The standard InChI is InChI=1S/C12H14N2O4S/c13-12(18)14-10(15)5-6-19-9-3-1-8(2-4-9)7-11(16)17/h1-4H,5-7H2,(H,16,17)(H3,13,14,15,18). The lowest BCUT2D eigenvalue weighted by Gasteiger charge is -2.03. The molecule has 0 radical (unpaired) electrons. The van der Waals surface area contributed by atoms with E-state index in [9.17, 15) is 14.4 Å². The number of amides is 3. The maximum absolute atomic E-state index is 11.1. The number of thioether (sulfide) groups is 1. The molecule has 1 aromatic rings. The average molecular weight is 282 g/mol. The maximum Gasteiger partial charge on any atom is 0.318 e. The summed E-state index contributed by atoms with van der Waals surface area (Å²) in [5, 5.41) is 10.6. The van der Waals surface area contributed by atoms with Crippen LogP contribution < -0.4 is 11.1 Å². The second kappa shape index (κ2) is 7.42. The van der Waals surface area contributed by atoms with Crippen molar-refractivity contribution in [3.8, 4) is 0 Å². The molecule has 0 unspecified atom stereocenters. The van der Waals surface area contributed by atoms with Gasteiger partial charge < -0.3 is 10.8 Å². The van der Waals surface area contributed by atoms with Gasteiger partial charge in [0.1, 0.15) is 0 Å². The molecule has 7 heteroatoms. The van der Waals surface area contributed by atoms with Gasteiger partial charge in [-0.3, -0.25) is 14.9 Å². The summed E-state index contributed by atoms with van der Waals surface area (Å²) < 4.78 is 0. The largest absolute Gasteiger partial charge is 0.481 e. The first kappa shape index (κ1) is 15.0. The van der Waals surface area contributed by atoms with Crippen LogP contribution in [0.4, 0.5) is 4.79 Å². The molecule has 0 heterocycles. The minimum Gasteiger partial charge on any atom is -0.481 e. The number of carboxylic acid groups (broad SMARTS) is 1. The third-order valence-corrected chi connectivity index (χ3v) is 3.15. The molecule has 0 fully saturated rings. The van der Waals surface area contributed by atoms with Crippen molar-refractivity contribution >= 4 is 29.7 Å². The highest BCUT2D eigenvalue weighted by atomic mass is 32.2. The third kappa shape index (κ3) is 6.46. The van der Waals surface area contributed by atoms with Crippen molar-refractivity contribution in [3.05, 3.63) is 29.8 Å². The number of carboxylic acids is 1. The number of carbonyl (C=O) groups is 3. The molecule has 0 aliphatic heterocycles. The number of aliphatic carboxylic acids is 1. The zero-order valence-electron chi connectivity index (χ0n) is 10.1. The molecule has 6 nitrogen and oxygen atoms in total. The molecule has 0 saturated heterocycles. The Labute approximate surface area is 114 Å². The summed E-state index contributed by atoms with van der Waals surface area (Å²) in [6.45, 7) is 0. The summed E-state index contributed by atoms with van der Waals surface area (Å²) in [5.41, 5.74) is 5.53. The first-order valence-electron chi connectivity index (χ1n) is 5.50. The Morgan fingerprint density at radius 3 is 2.37 bits per heavy atom. The normalized spacial score (nSPS) is 9.89. The Morgan fingerprint density at radius 1 is 1.21 bits per heavy atom. The number of primary amides is 1. The Morgan fingerprint density at radius 2 is 1.84 bits per heavy atom. The van der Waals surface area contributed by atoms with Crippen LogP contribution in [0, 0.1) is 0 Å². The molecule has 19 heavy (non-hydrogen) atoms. The van der Waals surface area contributed by atoms with Gasteiger partial charge in [0, 0.05) is 17.1 Å². The minimum atomic E-state index is -0.872. The summed E-state index contributed by atoms with van der Waals surface area (Å²) in [5.74, 6) is -0.775. The summed E-state index contributed by atoms with van der Waals surface area (Å²) in [6.07, 6.45) is 0.177. The molecule has 0 spiro atoms. The van der Waals surface area contributed by atoms with Gasteiger partial charge in [0.15, 0.2) is 0 Å². The quantitative estimate of drug-likeness (QED) is 0.674. The molecule has 0 bridgehead atoms. The molecular formula is C12H14N2O4S. The molecule has 4 N–H and O–H groups in total. The number of rotatable bonds is 6. The second-order valence-corrected chi connectivity index (χ2v) is 4.89. The van der Waals surface area contributed by atoms with Crippen molar-refractivity contribution in [2.75, 3.05) is 5.75 Å². The molecule has 0 aliphatic carbocycles. The lowest BCUT2D eigenvalue weighted by molar-refractivity contribution is -0.136. The van der Waals surface area contributed by atoms with Crippen LogP contribution in [-0.2, 0) is 16.0 Å². The van der Waals surface area contributed by atoms with Crippen molar-refractivity contribution in [3.63, 3.8) is 0 Å². The van der Waals surface area contributed by atoms with Gasteiger partial charge in [-0.1, -0.05) is 12.1 Å². The van der Waals surface area contributed by atoms with Gasteiger partial charge in [-0.25, -0.2) is 4.79 Å². The van der Waals surface area contributed by atoms with Crippen LogP contribution >= 0.6 is 11.8 Å². The van der Waals surface area contributed by atoms with E-state index in [1.807, 2.05) is 5.32 Å². The van der Waals surface area contributed by atoms with Gasteiger partial charge in [-0.05, 0) is 17.7 Å². The fourth-order valence-electron chi connectivity index (χ4n) is 1.34. The van der Waals surface area contributed by atoms with Gasteiger partial charge in [0.25, 0.3) is 0 Å². The number of imide groups is 1. The highest BCUT2D eigenvalue weighted by molar-refractivity contribution is 7.99. The van der Waals surface area contributed by atoms with E-state index in [2.05, 4.69) is 0 Å². The Hall–Kier alpha value is -2.02. The number of urea groups is 1. The predicted molar refractivity (Wildman–Crippen MR) is 70.8 cm³/mol. The first-order valence-corrected chi connectivity index (χ1v) is 6.49. The lowest BCUT2D eigenvalue weighted by atomic mass is 10.2. The zero-order chi connectivity index (χ0) is 14.3. The highest BCUT2D eigenvalue weighted by Crippen LogP contribution is 2.19. The topological polar surface area (TPSA) is 109 Å². The number of hydrogen-bond acceptors (Lipinski definition) is 4. The lowest BCUT2D eigenvalue weighted by Crippen LogP contribution is -2.35. The molecule has 0 atom stereocenters. The van der Waals surface area contributed by atoms with E-state index >= 15 is 0 Å². The van der Waals surface area contributed by atoms with Crippen molar-refractivity contribution in [1.82, 2.24) is 5.32 Å². The van der Waals surface area contributed by atoms with Crippen molar-refractivity contribution in [2.24, 2.45) is 5.73 Å². The van der Waals surface area contributed by atoms with Crippen LogP contribution in [0.25, 0.3) is 0 Å². The van der Waals surface area contributed by atoms with Crippen molar-refractivity contribution in [1.29, 1.82) is 0 Å².